The standard InChI is InChI=1S/C14H29N/c1-10(2)6-7-12(5)15-14-8-13(9-14)11(3)4/h10-15H,6-9H2,1-5H3. The van der Waals surface area contributed by atoms with Crippen molar-refractivity contribution in [3.63, 3.8) is 0 Å². The van der Waals surface area contributed by atoms with Gasteiger partial charge in [-0.1, -0.05) is 27.7 Å². The molecule has 15 heavy (non-hydrogen) atoms. The molecule has 1 unspecified atom stereocenters. The molecule has 1 fully saturated rings. The maximum absolute atomic E-state index is 3.76. The van der Waals surface area contributed by atoms with Crippen molar-refractivity contribution in [2.45, 2.75) is 72.4 Å². The van der Waals surface area contributed by atoms with Crippen molar-refractivity contribution in [3.8, 4) is 0 Å². The summed E-state index contributed by atoms with van der Waals surface area (Å²) in [6, 6.07) is 1.53. The highest BCUT2D eigenvalue weighted by Gasteiger charge is 2.31. The monoisotopic (exact) mass is 211 g/mol. The van der Waals surface area contributed by atoms with Crippen molar-refractivity contribution in [1.29, 1.82) is 0 Å². The second-order valence-corrected chi connectivity index (χ2v) is 6.21. The van der Waals surface area contributed by atoms with Crippen LogP contribution in [0.15, 0.2) is 0 Å². The molecule has 1 heteroatoms. The second kappa shape index (κ2) is 5.89. The van der Waals surface area contributed by atoms with E-state index < -0.39 is 0 Å². The van der Waals surface area contributed by atoms with Crippen molar-refractivity contribution in [2.24, 2.45) is 17.8 Å². The first-order chi connectivity index (χ1) is 6.99. The Hall–Kier alpha value is -0.0400. The molecule has 0 heterocycles. The third-order valence-electron chi connectivity index (χ3n) is 3.81. The Labute approximate surface area is 96.0 Å². The molecule has 0 radical (unpaired) electrons. The van der Waals surface area contributed by atoms with E-state index in [4.69, 9.17) is 0 Å². The van der Waals surface area contributed by atoms with E-state index in [-0.39, 0.29) is 0 Å². The Morgan fingerprint density at radius 3 is 2.07 bits per heavy atom. The van der Waals surface area contributed by atoms with Crippen LogP contribution in [0.3, 0.4) is 0 Å². The average molecular weight is 211 g/mol. The van der Waals surface area contributed by atoms with E-state index in [0.29, 0.717) is 6.04 Å². The summed E-state index contributed by atoms with van der Waals surface area (Å²) in [6.45, 7) is 11.7. The fourth-order valence-corrected chi connectivity index (χ4v) is 2.41. The molecule has 0 aliphatic heterocycles. The van der Waals surface area contributed by atoms with Gasteiger partial charge in [0.25, 0.3) is 0 Å². The number of hydrogen-bond acceptors (Lipinski definition) is 1. The molecule has 1 aliphatic rings. The average Bonchev–Trinajstić information content (AvgIpc) is 2.06. The molecule has 1 rings (SSSR count). The maximum Gasteiger partial charge on any atom is 0.00750 e. The van der Waals surface area contributed by atoms with E-state index in [1.54, 1.807) is 0 Å². The van der Waals surface area contributed by atoms with Crippen molar-refractivity contribution >= 4 is 0 Å². The molecule has 0 saturated heterocycles. The van der Waals surface area contributed by atoms with Crippen LogP contribution in [-0.4, -0.2) is 12.1 Å². The zero-order chi connectivity index (χ0) is 11.4. The maximum atomic E-state index is 3.76. The topological polar surface area (TPSA) is 12.0 Å². The minimum atomic E-state index is 0.713. The van der Waals surface area contributed by atoms with E-state index in [1.165, 1.54) is 25.7 Å². The van der Waals surface area contributed by atoms with Gasteiger partial charge in [-0.3, -0.25) is 0 Å². The predicted octanol–water partition coefficient (Wildman–Crippen LogP) is 3.84. The molecule has 0 aromatic carbocycles. The highest BCUT2D eigenvalue weighted by atomic mass is 15.0. The van der Waals surface area contributed by atoms with Crippen molar-refractivity contribution in [1.82, 2.24) is 5.32 Å². The minimum Gasteiger partial charge on any atom is -0.311 e. The van der Waals surface area contributed by atoms with Gasteiger partial charge in [0.2, 0.25) is 0 Å². The lowest BCUT2D eigenvalue weighted by Crippen LogP contribution is -2.46. The molecule has 1 aliphatic carbocycles. The van der Waals surface area contributed by atoms with Gasteiger partial charge in [0.1, 0.15) is 0 Å². The third-order valence-corrected chi connectivity index (χ3v) is 3.81. The van der Waals surface area contributed by atoms with Crippen molar-refractivity contribution in [3.05, 3.63) is 0 Å². The van der Waals surface area contributed by atoms with Gasteiger partial charge in [-0.25, -0.2) is 0 Å². The second-order valence-electron chi connectivity index (χ2n) is 6.21. The van der Waals surface area contributed by atoms with Crippen molar-refractivity contribution < 1.29 is 0 Å². The van der Waals surface area contributed by atoms with Crippen LogP contribution in [0.1, 0.15) is 60.3 Å². The molecule has 0 amide bonds. The fraction of sp³-hybridized carbons (Fsp3) is 1.00. The molecule has 90 valence electrons. The van der Waals surface area contributed by atoms with Gasteiger partial charge < -0.3 is 5.32 Å². The van der Waals surface area contributed by atoms with Crippen LogP contribution in [0, 0.1) is 17.8 Å². The normalized spacial score (nSPS) is 28.2. The quantitative estimate of drug-likeness (QED) is 0.704. The summed E-state index contributed by atoms with van der Waals surface area (Å²) < 4.78 is 0. The van der Waals surface area contributed by atoms with E-state index in [2.05, 4.69) is 39.9 Å². The summed E-state index contributed by atoms with van der Waals surface area (Å²) in [5.74, 6) is 2.72. The van der Waals surface area contributed by atoms with E-state index in [0.717, 1.165) is 23.8 Å². The zero-order valence-electron chi connectivity index (χ0n) is 11.2. The lowest BCUT2D eigenvalue weighted by molar-refractivity contribution is 0.156. The van der Waals surface area contributed by atoms with Crippen LogP contribution in [0.25, 0.3) is 0 Å². The van der Waals surface area contributed by atoms with Gasteiger partial charge in [-0.15, -0.1) is 0 Å². The van der Waals surface area contributed by atoms with Crippen LogP contribution in [0.2, 0.25) is 0 Å². The molecule has 0 bridgehead atoms. The Morgan fingerprint density at radius 1 is 1.00 bits per heavy atom. The summed E-state index contributed by atoms with van der Waals surface area (Å²) in [4.78, 5) is 0. The largest absolute Gasteiger partial charge is 0.311 e. The van der Waals surface area contributed by atoms with E-state index in [1.807, 2.05) is 0 Å². The SMILES string of the molecule is CC(C)CCC(C)NC1CC(C(C)C)C1. The van der Waals surface area contributed by atoms with Crippen LogP contribution in [0.5, 0.6) is 0 Å². The van der Waals surface area contributed by atoms with Gasteiger partial charge in [0.05, 0.1) is 0 Å². The van der Waals surface area contributed by atoms with Crippen LogP contribution in [-0.2, 0) is 0 Å². The van der Waals surface area contributed by atoms with Crippen LogP contribution < -0.4 is 5.32 Å². The summed E-state index contributed by atoms with van der Waals surface area (Å²) in [5.41, 5.74) is 0. The molecule has 1 N–H and O–H groups in total. The number of nitrogens with one attached hydrogen (secondary N) is 1. The van der Waals surface area contributed by atoms with Gasteiger partial charge in [-0.05, 0) is 50.4 Å². The van der Waals surface area contributed by atoms with Gasteiger partial charge in [0, 0.05) is 12.1 Å². The first-order valence-corrected chi connectivity index (χ1v) is 6.75. The fourth-order valence-electron chi connectivity index (χ4n) is 2.41. The Kier molecular flexibility index (Phi) is 5.11. The van der Waals surface area contributed by atoms with Crippen LogP contribution >= 0.6 is 0 Å². The molecule has 0 aromatic heterocycles. The summed E-state index contributed by atoms with van der Waals surface area (Å²) in [5, 5.41) is 3.76. The summed E-state index contributed by atoms with van der Waals surface area (Å²) in [6.07, 6.45) is 5.50. The molecule has 0 spiro atoms. The highest BCUT2D eigenvalue weighted by Crippen LogP contribution is 2.33. The lowest BCUT2D eigenvalue weighted by Gasteiger charge is -2.40. The Morgan fingerprint density at radius 2 is 1.60 bits per heavy atom. The van der Waals surface area contributed by atoms with E-state index >= 15 is 0 Å². The van der Waals surface area contributed by atoms with Gasteiger partial charge in [0.15, 0.2) is 0 Å². The Balaban J connectivity index is 2.05. The molecular weight excluding hydrogens is 182 g/mol. The molecule has 0 aromatic rings. The first kappa shape index (κ1) is 13.0. The third kappa shape index (κ3) is 4.55. The Bertz CT molecular complexity index is 165. The summed E-state index contributed by atoms with van der Waals surface area (Å²) in [7, 11) is 0. The predicted molar refractivity (Wildman–Crippen MR) is 68.0 cm³/mol. The van der Waals surface area contributed by atoms with E-state index in [9.17, 15) is 0 Å². The van der Waals surface area contributed by atoms with Gasteiger partial charge in [-0.2, -0.15) is 0 Å². The van der Waals surface area contributed by atoms with Gasteiger partial charge >= 0.3 is 0 Å². The highest BCUT2D eigenvalue weighted by molar-refractivity contribution is 4.87. The molecular formula is C14H29N. The number of rotatable bonds is 6. The minimum absolute atomic E-state index is 0.713. The first-order valence-electron chi connectivity index (χ1n) is 6.75. The smallest absolute Gasteiger partial charge is 0.00750 e. The number of hydrogen-bond donors (Lipinski definition) is 1. The van der Waals surface area contributed by atoms with Crippen LogP contribution in [0.4, 0.5) is 0 Å². The zero-order valence-corrected chi connectivity index (χ0v) is 11.2. The molecule has 1 saturated carbocycles. The van der Waals surface area contributed by atoms with Crippen molar-refractivity contribution in [2.75, 3.05) is 0 Å². The molecule has 1 atom stereocenters. The molecule has 1 nitrogen and oxygen atoms in total. The summed E-state index contributed by atoms with van der Waals surface area (Å²) >= 11 is 0. The lowest BCUT2D eigenvalue weighted by atomic mass is 9.73.